The Bertz CT molecular complexity index is 897. The van der Waals surface area contributed by atoms with Gasteiger partial charge in [0, 0.05) is 30.8 Å². The van der Waals surface area contributed by atoms with Crippen LogP contribution in [0.5, 0.6) is 0 Å². The number of likely N-dealkylation sites (N-methyl/N-ethyl adjacent to an activating group) is 1. The molecule has 0 aromatic heterocycles. The van der Waals surface area contributed by atoms with Crippen LogP contribution in [0.2, 0.25) is 0 Å². The van der Waals surface area contributed by atoms with Crippen LogP contribution in [0, 0.1) is 5.92 Å². The first kappa shape index (κ1) is 20.5. The second-order valence-corrected chi connectivity index (χ2v) is 7.73. The number of rotatable bonds is 5. The molecule has 1 fully saturated rings. The number of carbonyl (C=O) groups is 2. The third kappa shape index (κ3) is 4.09. The highest BCUT2D eigenvalue weighted by Crippen LogP contribution is 2.37. The van der Waals surface area contributed by atoms with E-state index in [-0.39, 0.29) is 24.7 Å². The number of hydrogen-bond acceptors (Lipinski definition) is 3. The molecule has 0 unspecified atom stereocenters. The quantitative estimate of drug-likeness (QED) is 0.544. The molecule has 3 nitrogen and oxygen atoms in total. The van der Waals surface area contributed by atoms with E-state index >= 15 is 0 Å². The SMILES string of the molecule is CSc1ccccc1CC(=O)[C@H]1C(=O)N(C)C[C@@H]1c1cccc(C(F)(F)F)c1. The van der Waals surface area contributed by atoms with Crippen LogP contribution in [0.15, 0.2) is 53.4 Å². The number of halogens is 3. The Hall–Kier alpha value is -2.28. The van der Waals surface area contributed by atoms with Gasteiger partial charge in [-0.3, -0.25) is 9.59 Å². The summed E-state index contributed by atoms with van der Waals surface area (Å²) < 4.78 is 39.3. The fourth-order valence-electron chi connectivity index (χ4n) is 3.65. The van der Waals surface area contributed by atoms with Crippen molar-refractivity contribution in [3.05, 3.63) is 65.2 Å². The van der Waals surface area contributed by atoms with Crippen LogP contribution in [0.25, 0.3) is 0 Å². The summed E-state index contributed by atoms with van der Waals surface area (Å²) in [5.74, 6) is -2.16. The first-order valence-electron chi connectivity index (χ1n) is 8.79. The van der Waals surface area contributed by atoms with E-state index < -0.39 is 23.6 Å². The molecule has 28 heavy (non-hydrogen) atoms. The second kappa shape index (κ2) is 7.99. The minimum atomic E-state index is -4.47. The molecule has 2 aromatic rings. The molecule has 0 saturated carbocycles. The average molecular weight is 407 g/mol. The van der Waals surface area contributed by atoms with E-state index in [9.17, 15) is 22.8 Å². The molecule has 148 valence electrons. The molecule has 1 heterocycles. The van der Waals surface area contributed by atoms with Crippen molar-refractivity contribution in [1.82, 2.24) is 4.90 Å². The van der Waals surface area contributed by atoms with E-state index in [1.807, 2.05) is 30.5 Å². The third-order valence-electron chi connectivity index (χ3n) is 5.06. The lowest BCUT2D eigenvalue weighted by atomic mass is 9.83. The van der Waals surface area contributed by atoms with Crippen LogP contribution in [0.4, 0.5) is 13.2 Å². The number of amides is 1. The Balaban J connectivity index is 1.92. The summed E-state index contributed by atoms with van der Waals surface area (Å²) in [5.41, 5.74) is 0.417. The number of likely N-dealkylation sites (tertiary alicyclic amines) is 1. The Morgan fingerprint density at radius 1 is 1.18 bits per heavy atom. The van der Waals surface area contributed by atoms with Gasteiger partial charge in [-0.05, 0) is 29.5 Å². The number of thioether (sulfide) groups is 1. The van der Waals surface area contributed by atoms with E-state index in [2.05, 4.69) is 0 Å². The van der Waals surface area contributed by atoms with Gasteiger partial charge < -0.3 is 4.90 Å². The summed E-state index contributed by atoms with van der Waals surface area (Å²) in [7, 11) is 1.58. The van der Waals surface area contributed by atoms with Gasteiger partial charge in [-0.2, -0.15) is 13.2 Å². The van der Waals surface area contributed by atoms with Gasteiger partial charge in [0.25, 0.3) is 0 Å². The number of Topliss-reactive ketones (excluding diaryl/α,β-unsaturated/α-hetero) is 1. The molecule has 2 atom stereocenters. The fourth-order valence-corrected chi connectivity index (χ4v) is 4.27. The number of nitrogens with zero attached hydrogens (tertiary/aromatic N) is 1. The van der Waals surface area contributed by atoms with Crippen molar-refractivity contribution in [2.45, 2.75) is 23.4 Å². The lowest BCUT2D eigenvalue weighted by Crippen LogP contribution is -2.29. The minimum Gasteiger partial charge on any atom is -0.344 e. The van der Waals surface area contributed by atoms with Crippen molar-refractivity contribution >= 4 is 23.5 Å². The third-order valence-corrected chi connectivity index (χ3v) is 5.90. The Morgan fingerprint density at radius 2 is 1.89 bits per heavy atom. The van der Waals surface area contributed by atoms with Gasteiger partial charge in [0.05, 0.1) is 5.56 Å². The van der Waals surface area contributed by atoms with E-state index in [0.717, 1.165) is 22.6 Å². The second-order valence-electron chi connectivity index (χ2n) is 6.88. The molecule has 0 radical (unpaired) electrons. The molecule has 0 N–H and O–H groups in total. The number of carbonyl (C=O) groups excluding carboxylic acids is 2. The maximum absolute atomic E-state index is 13.1. The standard InChI is InChI=1S/C21H20F3NO2S/c1-25-12-16(13-7-5-8-15(10-13)21(22,23)24)19(20(25)27)17(26)11-14-6-3-4-9-18(14)28-2/h3-10,16,19H,11-12H2,1-2H3/t16-,19+/m1/s1. The van der Waals surface area contributed by atoms with E-state index in [4.69, 9.17) is 0 Å². The molecule has 0 bridgehead atoms. The summed E-state index contributed by atoms with van der Waals surface area (Å²) in [5, 5.41) is 0. The predicted molar refractivity (Wildman–Crippen MR) is 102 cm³/mol. The van der Waals surface area contributed by atoms with Crippen molar-refractivity contribution in [2.24, 2.45) is 5.92 Å². The molecule has 1 amide bonds. The first-order chi connectivity index (χ1) is 13.2. The van der Waals surface area contributed by atoms with Crippen LogP contribution in [-0.4, -0.2) is 36.4 Å². The van der Waals surface area contributed by atoms with E-state index in [1.165, 1.54) is 22.7 Å². The minimum absolute atomic E-state index is 0.0801. The smallest absolute Gasteiger partial charge is 0.344 e. The van der Waals surface area contributed by atoms with Crippen molar-refractivity contribution < 1.29 is 22.8 Å². The summed E-state index contributed by atoms with van der Waals surface area (Å²) in [6.45, 7) is 0.223. The molecule has 0 aliphatic carbocycles. The van der Waals surface area contributed by atoms with Crippen molar-refractivity contribution in [1.29, 1.82) is 0 Å². The van der Waals surface area contributed by atoms with Crippen molar-refractivity contribution in [2.75, 3.05) is 19.8 Å². The zero-order valence-corrected chi connectivity index (χ0v) is 16.3. The van der Waals surface area contributed by atoms with Gasteiger partial charge in [-0.15, -0.1) is 11.8 Å². The number of alkyl halides is 3. The van der Waals surface area contributed by atoms with Gasteiger partial charge in [0.2, 0.25) is 5.91 Å². The van der Waals surface area contributed by atoms with Gasteiger partial charge in [0.1, 0.15) is 11.7 Å². The molecule has 1 aliphatic rings. The fraction of sp³-hybridized carbons (Fsp3) is 0.333. The van der Waals surface area contributed by atoms with Gasteiger partial charge in [0.15, 0.2) is 0 Å². The molecule has 1 aliphatic heterocycles. The van der Waals surface area contributed by atoms with Gasteiger partial charge >= 0.3 is 6.18 Å². The maximum Gasteiger partial charge on any atom is 0.416 e. The topological polar surface area (TPSA) is 37.4 Å². The van der Waals surface area contributed by atoms with Crippen LogP contribution in [0.3, 0.4) is 0 Å². The summed E-state index contributed by atoms with van der Waals surface area (Å²) in [6, 6.07) is 12.4. The first-order valence-corrected chi connectivity index (χ1v) is 10.0. The Morgan fingerprint density at radius 3 is 2.57 bits per heavy atom. The molecular formula is C21H20F3NO2S. The Labute approximate surface area is 165 Å². The zero-order valence-electron chi connectivity index (χ0n) is 15.5. The van der Waals surface area contributed by atoms with Gasteiger partial charge in [-0.25, -0.2) is 0 Å². The van der Waals surface area contributed by atoms with Crippen LogP contribution in [0.1, 0.15) is 22.6 Å². The highest BCUT2D eigenvalue weighted by molar-refractivity contribution is 7.98. The predicted octanol–water partition coefficient (Wildman–Crippen LogP) is 4.41. The molecule has 3 rings (SSSR count). The van der Waals surface area contributed by atoms with E-state index in [0.29, 0.717) is 5.56 Å². The largest absolute Gasteiger partial charge is 0.416 e. The lowest BCUT2D eigenvalue weighted by Gasteiger charge is -2.18. The molecule has 7 heteroatoms. The molecular weight excluding hydrogens is 387 g/mol. The molecule has 0 spiro atoms. The zero-order chi connectivity index (χ0) is 20.5. The number of benzene rings is 2. The summed E-state index contributed by atoms with van der Waals surface area (Å²) >= 11 is 1.51. The molecule has 1 saturated heterocycles. The van der Waals surface area contributed by atoms with Crippen molar-refractivity contribution in [3.63, 3.8) is 0 Å². The number of ketones is 1. The maximum atomic E-state index is 13.1. The van der Waals surface area contributed by atoms with Crippen molar-refractivity contribution in [3.8, 4) is 0 Å². The van der Waals surface area contributed by atoms with Crippen LogP contribution in [-0.2, 0) is 22.2 Å². The lowest BCUT2D eigenvalue weighted by molar-refractivity contribution is -0.137. The van der Waals surface area contributed by atoms with Gasteiger partial charge in [-0.1, -0.05) is 36.4 Å². The summed E-state index contributed by atoms with van der Waals surface area (Å²) in [6.07, 6.45) is -2.48. The van der Waals surface area contributed by atoms with Crippen LogP contribution < -0.4 is 0 Å². The highest BCUT2D eigenvalue weighted by atomic mass is 32.2. The van der Waals surface area contributed by atoms with Crippen LogP contribution >= 0.6 is 11.8 Å². The average Bonchev–Trinajstić information content (AvgIpc) is 2.96. The monoisotopic (exact) mass is 407 g/mol. The normalized spacial score (nSPS) is 19.9. The highest BCUT2D eigenvalue weighted by Gasteiger charge is 2.44. The molecule has 2 aromatic carbocycles. The Kier molecular flexibility index (Phi) is 5.84. The number of hydrogen-bond donors (Lipinski definition) is 0. The summed E-state index contributed by atoms with van der Waals surface area (Å²) in [4.78, 5) is 28.0. The van der Waals surface area contributed by atoms with E-state index in [1.54, 1.807) is 13.1 Å².